The predicted molar refractivity (Wildman–Crippen MR) is 85.3 cm³/mol. The van der Waals surface area contributed by atoms with Gasteiger partial charge in [-0.15, -0.1) is 0 Å². The summed E-state index contributed by atoms with van der Waals surface area (Å²) in [6, 6.07) is 4.14. The van der Waals surface area contributed by atoms with E-state index < -0.39 is 5.60 Å². The molecule has 2 aliphatic rings. The zero-order valence-corrected chi connectivity index (χ0v) is 14.3. The summed E-state index contributed by atoms with van der Waals surface area (Å²) in [4.78, 5) is 13.7. The van der Waals surface area contributed by atoms with Crippen molar-refractivity contribution >= 4 is 17.7 Å². The number of rotatable bonds is 2. The summed E-state index contributed by atoms with van der Waals surface area (Å²) < 4.78 is 24.2. The van der Waals surface area contributed by atoms with Gasteiger partial charge in [-0.3, -0.25) is 0 Å². The van der Waals surface area contributed by atoms with Gasteiger partial charge in [0.2, 0.25) is 0 Å². The van der Waals surface area contributed by atoms with E-state index in [4.69, 9.17) is 21.1 Å². The van der Waals surface area contributed by atoms with Gasteiger partial charge in [0.05, 0.1) is 5.02 Å². The zero-order chi connectivity index (χ0) is 16.8. The molecule has 1 spiro atoms. The lowest BCUT2D eigenvalue weighted by molar-refractivity contribution is -0.116. The van der Waals surface area contributed by atoms with Crippen LogP contribution in [0.4, 0.5) is 9.18 Å². The number of halogens is 2. The maximum absolute atomic E-state index is 13.0. The second kappa shape index (κ2) is 5.55. The van der Waals surface area contributed by atoms with Crippen LogP contribution in [0.3, 0.4) is 0 Å². The van der Waals surface area contributed by atoms with E-state index >= 15 is 0 Å². The van der Waals surface area contributed by atoms with Crippen LogP contribution < -0.4 is 4.74 Å². The van der Waals surface area contributed by atoms with E-state index in [9.17, 15) is 9.18 Å². The minimum absolute atomic E-state index is 0.0683. The monoisotopic (exact) mass is 341 g/mol. The average molecular weight is 342 g/mol. The maximum atomic E-state index is 13.0. The highest BCUT2D eigenvalue weighted by atomic mass is 35.5. The number of nitrogens with zero attached hydrogens (tertiary/aromatic N) is 1. The minimum atomic E-state index is -0.468. The number of carbonyl (C=O) groups is 1. The second-order valence-corrected chi connectivity index (χ2v) is 7.97. The van der Waals surface area contributed by atoms with E-state index in [0.29, 0.717) is 18.8 Å². The molecule has 1 saturated carbocycles. The van der Waals surface area contributed by atoms with Crippen LogP contribution in [0.5, 0.6) is 5.75 Å². The van der Waals surface area contributed by atoms with E-state index in [1.807, 2.05) is 20.8 Å². The van der Waals surface area contributed by atoms with Crippen molar-refractivity contribution in [3.05, 3.63) is 29.0 Å². The number of likely N-dealkylation sites (tertiary alicyclic amines) is 1. The van der Waals surface area contributed by atoms with Crippen molar-refractivity contribution < 1.29 is 18.7 Å². The summed E-state index contributed by atoms with van der Waals surface area (Å²) in [7, 11) is 0. The van der Waals surface area contributed by atoms with Crippen LogP contribution in [-0.2, 0) is 4.74 Å². The number of hydrogen-bond donors (Lipinski definition) is 0. The molecule has 23 heavy (non-hydrogen) atoms. The lowest BCUT2D eigenvalue weighted by atomic mass is 9.62. The summed E-state index contributed by atoms with van der Waals surface area (Å²) in [5.74, 6) is 0.135. The Bertz CT molecular complexity index is 615. The van der Waals surface area contributed by atoms with Crippen molar-refractivity contribution in [2.45, 2.75) is 45.3 Å². The highest BCUT2D eigenvalue weighted by Crippen LogP contribution is 2.50. The highest BCUT2D eigenvalue weighted by molar-refractivity contribution is 6.32. The van der Waals surface area contributed by atoms with Crippen LogP contribution >= 0.6 is 11.6 Å². The molecule has 6 heteroatoms. The summed E-state index contributed by atoms with van der Waals surface area (Å²) in [6.45, 7) is 7.00. The first kappa shape index (κ1) is 16.4. The molecule has 1 aliphatic heterocycles. The Morgan fingerprint density at radius 1 is 1.35 bits per heavy atom. The molecular weight excluding hydrogens is 321 g/mol. The summed E-state index contributed by atoms with van der Waals surface area (Å²) in [5, 5.41) is 0.287. The van der Waals surface area contributed by atoms with Crippen LogP contribution in [0.1, 0.15) is 33.6 Å². The van der Waals surface area contributed by atoms with Crippen molar-refractivity contribution in [3.63, 3.8) is 0 Å². The quantitative estimate of drug-likeness (QED) is 0.806. The van der Waals surface area contributed by atoms with Gasteiger partial charge < -0.3 is 14.4 Å². The molecule has 0 bridgehead atoms. The van der Waals surface area contributed by atoms with Crippen LogP contribution in [0.2, 0.25) is 5.02 Å². The molecule has 1 aliphatic carbocycles. The van der Waals surface area contributed by atoms with Crippen molar-refractivity contribution in [2.24, 2.45) is 5.41 Å². The van der Waals surface area contributed by atoms with Crippen molar-refractivity contribution in [1.29, 1.82) is 0 Å². The molecule has 1 heterocycles. The van der Waals surface area contributed by atoms with Crippen molar-refractivity contribution in [3.8, 4) is 5.75 Å². The molecule has 3 rings (SSSR count). The number of amides is 1. The van der Waals surface area contributed by atoms with Crippen LogP contribution in [0, 0.1) is 11.2 Å². The fraction of sp³-hybridized carbons (Fsp3) is 0.588. The Balaban J connectivity index is 1.46. The molecule has 126 valence electrons. The van der Waals surface area contributed by atoms with Gasteiger partial charge in [-0.25, -0.2) is 9.18 Å². The molecule has 0 radical (unpaired) electrons. The molecule has 1 amide bonds. The third kappa shape index (κ3) is 3.55. The number of hydrogen-bond acceptors (Lipinski definition) is 3. The highest BCUT2D eigenvalue weighted by Gasteiger charge is 2.55. The molecule has 1 aromatic carbocycles. The van der Waals surface area contributed by atoms with Crippen molar-refractivity contribution in [2.75, 3.05) is 13.1 Å². The van der Waals surface area contributed by atoms with E-state index in [0.717, 1.165) is 12.8 Å². The van der Waals surface area contributed by atoms with Gasteiger partial charge in [0, 0.05) is 18.5 Å². The number of carbonyl (C=O) groups excluding carboxylic acids is 1. The first-order valence-electron chi connectivity index (χ1n) is 7.75. The fourth-order valence-electron chi connectivity index (χ4n) is 3.22. The fourth-order valence-corrected chi connectivity index (χ4v) is 3.43. The minimum Gasteiger partial charge on any atom is -0.489 e. The molecule has 1 aromatic rings. The van der Waals surface area contributed by atoms with Gasteiger partial charge in [0.25, 0.3) is 0 Å². The largest absolute Gasteiger partial charge is 0.489 e. The van der Waals surface area contributed by atoms with Gasteiger partial charge >= 0.3 is 6.09 Å². The van der Waals surface area contributed by atoms with E-state index in [1.165, 1.54) is 12.1 Å². The second-order valence-electron chi connectivity index (χ2n) is 7.56. The molecular formula is C17H21ClFNO3. The van der Waals surface area contributed by atoms with Crippen LogP contribution in [0.15, 0.2) is 18.2 Å². The first-order valence-corrected chi connectivity index (χ1v) is 8.13. The average Bonchev–Trinajstić information content (AvgIpc) is 2.30. The summed E-state index contributed by atoms with van der Waals surface area (Å²) >= 11 is 5.97. The Morgan fingerprint density at radius 2 is 2.00 bits per heavy atom. The Kier molecular flexibility index (Phi) is 3.95. The molecule has 0 aromatic heterocycles. The smallest absolute Gasteiger partial charge is 0.410 e. The maximum Gasteiger partial charge on any atom is 0.410 e. The third-order valence-electron chi connectivity index (χ3n) is 4.21. The van der Waals surface area contributed by atoms with Crippen LogP contribution in [-0.4, -0.2) is 35.8 Å². The SMILES string of the molecule is CC(C)(C)OC(=O)N1CC2(CC(Oc3ccc(F)cc3Cl)C2)C1. The lowest BCUT2D eigenvalue weighted by Crippen LogP contribution is -2.66. The molecule has 1 saturated heterocycles. The van der Waals surface area contributed by atoms with Gasteiger partial charge in [0.15, 0.2) is 0 Å². The van der Waals surface area contributed by atoms with Crippen LogP contribution in [0.25, 0.3) is 0 Å². The van der Waals surface area contributed by atoms with Crippen molar-refractivity contribution in [1.82, 2.24) is 4.90 Å². The van der Waals surface area contributed by atoms with E-state index in [1.54, 1.807) is 11.0 Å². The molecule has 4 nitrogen and oxygen atoms in total. The zero-order valence-electron chi connectivity index (χ0n) is 13.6. The predicted octanol–water partition coefficient (Wildman–Crippen LogP) is 4.26. The Morgan fingerprint density at radius 3 is 2.57 bits per heavy atom. The van der Waals surface area contributed by atoms with Gasteiger partial charge in [-0.1, -0.05) is 11.6 Å². The topological polar surface area (TPSA) is 38.8 Å². The van der Waals surface area contributed by atoms with Gasteiger partial charge in [-0.05, 0) is 51.8 Å². The lowest BCUT2D eigenvalue weighted by Gasteiger charge is -2.58. The van der Waals surface area contributed by atoms with Gasteiger partial charge in [0.1, 0.15) is 23.3 Å². The van der Waals surface area contributed by atoms with E-state index in [2.05, 4.69) is 0 Å². The summed E-state index contributed by atoms with van der Waals surface area (Å²) in [5.41, 5.74) is -0.321. The molecule has 2 fully saturated rings. The number of ether oxygens (including phenoxy) is 2. The Hall–Kier alpha value is -1.49. The normalized spacial score (nSPS) is 20.0. The standard InChI is InChI=1S/C17H21ClFNO3/c1-16(2,3)23-15(21)20-9-17(10-20)7-12(8-17)22-14-5-4-11(19)6-13(14)18/h4-6,12H,7-10H2,1-3H3. The third-order valence-corrected chi connectivity index (χ3v) is 4.51. The number of benzene rings is 1. The summed E-state index contributed by atoms with van der Waals surface area (Å²) in [6.07, 6.45) is 1.56. The first-order chi connectivity index (χ1) is 10.7. The molecule has 0 atom stereocenters. The van der Waals surface area contributed by atoms with E-state index in [-0.39, 0.29) is 28.5 Å². The Labute approximate surface area is 140 Å². The molecule has 0 N–H and O–H groups in total. The van der Waals surface area contributed by atoms with Gasteiger partial charge in [-0.2, -0.15) is 0 Å². The molecule has 0 unspecified atom stereocenters.